The molecule has 4 rings (SSSR count). The maximum absolute atomic E-state index is 12.9. The molecule has 0 spiro atoms. The van der Waals surface area contributed by atoms with Crippen molar-refractivity contribution in [3.05, 3.63) is 53.5 Å². The number of carbonyl (C=O) groups excluding carboxylic acids is 1. The van der Waals surface area contributed by atoms with Gasteiger partial charge in [0.15, 0.2) is 5.76 Å². The summed E-state index contributed by atoms with van der Waals surface area (Å²) < 4.78 is 11.7. The van der Waals surface area contributed by atoms with Crippen LogP contribution in [0.25, 0.3) is 0 Å². The van der Waals surface area contributed by atoms with Crippen molar-refractivity contribution in [1.82, 2.24) is 9.80 Å². The lowest BCUT2D eigenvalue weighted by Crippen LogP contribution is -2.35. The molecule has 1 aliphatic heterocycles. The van der Waals surface area contributed by atoms with E-state index in [2.05, 4.69) is 37.8 Å². The molecule has 2 fully saturated rings. The van der Waals surface area contributed by atoms with Gasteiger partial charge in [-0.3, -0.25) is 4.79 Å². The zero-order valence-corrected chi connectivity index (χ0v) is 18.5. The predicted octanol–water partition coefficient (Wildman–Crippen LogP) is 4.71. The molecule has 30 heavy (non-hydrogen) atoms. The third-order valence-electron chi connectivity index (χ3n) is 6.06. The monoisotopic (exact) mass is 410 g/mol. The second kappa shape index (κ2) is 8.84. The highest BCUT2D eigenvalue weighted by Gasteiger charge is 2.27. The summed E-state index contributed by atoms with van der Waals surface area (Å²) in [5, 5.41) is 0. The third-order valence-corrected chi connectivity index (χ3v) is 6.06. The second-order valence-corrected chi connectivity index (χ2v) is 9.72. The van der Waals surface area contributed by atoms with Gasteiger partial charge in [0.1, 0.15) is 18.1 Å². The van der Waals surface area contributed by atoms with Crippen LogP contribution in [0.5, 0.6) is 5.75 Å². The molecular formula is C25H34N2O3. The van der Waals surface area contributed by atoms with E-state index < -0.39 is 0 Å². The van der Waals surface area contributed by atoms with E-state index in [0.717, 1.165) is 44.3 Å². The van der Waals surface area contributed by atoms with E-state index in [1.54, 1.807) is 6.07 Å². The lowest BCUT2D eigenvalue weighted by atomic mass is 9.87. The Morgan fingerprint density at radius 2 is 1.80 bits per heavy atom. The lowest BCUT2D eigenvalue weighted by Gasteiger charge is -2.21. The van der Waals surface area contributed by atoms with Crippen molar-refractivity contribution in [2.45, 2.75) is 52.1 Å². The fourth-order valence-electron chi connectivity index (χ4n) is 3.95. The Hall–Kier alpha value is -2.27. The molecule has 0 atom stereocenters. The molecule has 0 N–H and O–H groups in total. The minimum atomic E-state index is -0.0101. The summed E-state index contributed by atoms with van der Waals surface area (Å²) in [6.45, 7) is 11.7. The van der Waals surface area contributed by atoms with Gasteiger partial charge in [0, 0.05) is 26.2 Å². The van der Waals surface area contributed by atoms with Crippen LogP contribution in [0.1, 0.15) is 61.9 Å². The lowest BCUT2D eigenvalue weighted by molar-refractivity contribution is 0.0725. The van der Waals surface area contributed by atoms with E-state index in [-0.39, 0.29) is 11.3 Å². The van der Waals surface area contributed by atoms with Gasteiger partial charge in [0.05, 0.1) is 0 Å². The standard InChI is InChI=1S/C25H34N2O3/c1-25(2,3)20-7-9-21(10-8-20)29-18-22-11-12-23(30-22)24(28)27-14-4-13-26(15-16-27)17-19-5-6-19/h7-12,19H,4-6,13-18H2,1-3H3. The average molecular weight is 411 g/mol. The van der Waals surface area contributed by atoms with Gasteiger partial charge in [-0.15, -0.1) is 0 Å². The maximum atomic E-state index is 12.9. The van der Waals surface area contributed by atoms with Crippen LogP contribution in [0.4, 0.5) is 0 Å². The summed E-state index contributed by atoms with van der Waals surface area (Å²) in [6, 6.07) is 11.8. The smallest absolute Gasteiger partial charge is 0.289 e. The molecule has 1 saturated heterocycles. The first-order valence-corrected chi connectivity index (χ1v) is 11.2. The van der Waals surface area contributed by atoms with Gasteiger partial charge in [0.25, 0.3) is 5.91 Å². The largest absolute Gasteiger partial charge is 0.486 e. The van der Waals surface area contributed by atoms with Crippen LogP contribution in [-0.4, -0.2) is 48.4 Å². The first-order chi connectivity index (χ1) is 14.4. The van der Waals surface area contributed by atoms with Crippen LogP contribution in [0, 0.1) is 5.92 Å². The van der Waals surface area contributed by atoms with Crippen molar-refractivity contribution in [1.29, 1.82) is 0 Å². The maximum Gasteiger partial charge on any atom is 0.289 e. The zero-order valence-electron chi connectivity index (χ0n) is 18.5. The van der Waals surface area contributed by atoms with Gasteiger partial charge >= 0.3 is 0 Å². The van der Waals surface area contributed by atoms with Crippen LogP contribution in [-0.2, 0) is 12.0 Å². The number of nitrogens with zero attached hydrogens (tertiary/aromatic N) is 2. The van der Waals surface area contributed by atoms with Crippen molar-refractivity contribution in [2.24, 2.45) is 5.92 Å². The Morgan fingerprint density at radius 1 is 1.03 bits per heavy atom. The Balaban J connectivity index is 1.29. The Labute approximate surface area is 180 Å². The van der Waals surface area contributed by atoms with Crippen molar-refractivity contribution >= 4 is 5.91 Å². The summed E-state index contributed by atoms with van der Waals surface area (Å²) >= 11 is 0. The zero-order chi connectivity index (χ0) is 21.1. The van der Waals surface area contributed by atoms with E-state index >= 15 is 0 Å². The van der Waals surface area contributed by atoms with Crippen LogP contribution in [0.15, 0.2) is 40.8 Å². The SMILES string of the molecule is CC(C)(C)c1ccc(OCc2ccc(C(=O)N3CCCN(CC4CC4)CC3)o2)cc1. The van der Waals surface area contributed by atoms with Crippen LogP contribution >= 0.6 is 0 Å². The molecular weight excluding hydrogens is 376 g/mol. The molecule has 1 aliphatic carbocycles. The fourth-order valence-corrected chi connectivity index (χ4v) is 3.95. The van der Waals surface area contributed by atoms with Gasteiger partial charge in [0.2, 0.25) is 0 Å². The number of benzene rings is 1. The molecule has 1 saturated carbocycles. The molecule has 1 aromatic carbocycles. The molecule has 5 nitrogen and oxygen atoms in total. The molecule has 2 aromatic rings. The Kier molecular flexibility index (Phi) is 6.19. The van der Waals surface area contributed by atoms with Crippen LogP contribution in [0.2, 0.25) is 0 Å². The first-order valence-electron chi connectivity index (χ1n) is 11.2. The van der Waals surface area contributed by atoms with E-state index in [0.29, 0.717) is 18.1 Å². The van der Waals surface area contributed by atoms with Gasteiger partial charge in [-0.05, 0) is 67.0 Å². The van der Waals surface area contributed by atoms with Gasteiger partial charge < -0.3 is 19.0 Å². The highest BCUT2D eigenvalue weighted by atomic mass is 16.5. The highest BCUT2D eigenvalue weighted by molar-refractivity contribution is 5.91. The number of rotatable bonds is 6. The summed E-state index contributed by atoms with van der Waals surface area (Å²) in [5.74, 6) is 2.76. The number of carbonyl (C=O) groups is 1. The number of ether oxygens (including phenoxy) is 1. The Bertz CT molecular complexity index is 846. The number of hydrogen-bond donors (Lipinski definition) is 0. The average Bonchev–Trinajstić information content (AvgIpc) is 3.46. The van der Waals surface area contributed by atoms with Gasteiger partial charge in [-0.2, -0.15) is 0 Å². The summed E-state index contributed by atoms with van der Waals surface area (Å²) in [6.07, 6.45) is 3.77. The molecule has 1 aromatic heterocycles. The Morgan fingerprint density at radius 3 is 2.50 bits per heavy atom. The molecule has 162 valence electrons. The van der Waals surface area contributed by atoms with Gasteiger partial charge in [-0.25, -0.2) is 0 Å². The summed E-state index contributed by atoms with van der Waals surface area (Å²) in [4.78, 5) is 17.3. The molecule has 5 heteroatoms. The van der Waals surface area contributed by atoms with Crippen molar-refractivity contribution < 1.29 is 13.9 Å². The number of hydrogen-bond acceptors (Lipinski definition) is 4. The van der Waals surface area contributed by atoms with E-state index in [1.165, 1.54) is 24.9 Å². The van der Waals surface area contributed by atoms with Crippen molar-refractivity contribution in [3.8, 4) is 5.75 Å². The third kappa shape index (κ3) is 5.45. The molecule has 1 amide bonds. The number of furan rings is 1. The normalized spacial score (nSPS) is 18.3. The van der Waals surface area contributed by atoms with E-state index in [9.17, 15) is 4.79 Å². The molecule has 0 bridgehead atoms. The molecule has 2 heterocycles. The summed E-state index contributed by atoms with van der Waals surface area (Å²) in [5.41, 5.74) is 1.39. The topological polar surface area (TPSA) is 45.9 Å². The molecule has 0 radical (unpaired) electrons. The summed E-state index contributed by atoms with van der Waals surface area (Å²) in [7, 11) is 0. The quantitative estimate of drug-likeness (QED) is 0.692. The van der Waals surface area contributed by atoms with Gasteiger partial charge in [-0.1, -0.05) is 32.9 Å². The van der Waals surface area contributed by atoms with Crippen molar-refractivity contribution in [3.63, 3.8) is 0 Å². The molecule has 0 unspecified atom stereocenters. The number of amides is 1. The first kappa shape index (κ1) is 21.0. The minimum Gasteiger partial charge on any atom is -0.486 e. The van der Waals surface area contributed by atoms with Crippen LogP contribution < -0.4 is 4.74 Å². The highest BCUT2D eigenvalue weighted by Crippen LogP contribution is 2.30. The van der Waals surface area contributed by atoms with Crippen LogP contribution in [0.3, 0.4) is 0 Å². The van der Waals surface area contributed by atoms with E-state index in [4.69, 9.17) is 9.15 Å². The predicted molar refractivity (Wildman–Crippen MR) is 118 cm³/mol. The second-order valence-electron chi connectivity index (χ2n) is 9.72. The fraction of sp³-hybridized carbons (Fsp3) is 0.560. The molecule has 2 aliphatic rings. The van der Waals surface area contributed by atoms with Crippen molar-refractivity contribution in [2.75, 3.05) is 32.7 Å². The minimum absolute atomic E-state index is 0.0101. The van der Waals surface area contributed by atoms with E-state index in [1.807, 2.05) is 23.1 Å².